The maximum atomic E-state index is 11.4. The van der Waals surface area contributed by atoms with Gasteiger partial charge in [-0.05, 0) is 12.1 Å². The molecule has 0 saturated carbocycles. The van der Waals surface area contributed by atoms with Crippen LogP contribution in [-0.4, -0.2) is 41.1 Å². The van der Waals surface area contributed by atoms with Gasteiger partial charge in [0.05, 0.1) is 5.56 Å². The number of carbonyl (C=O) groups excluding carboxylic acids is 1. The molecule has 0 atom stereocenters. The molecule has 1 heterocycles. The van der Waals surface area contributed by atoms with Crippen molar-refractivity contribution in [3.63, 3.8) is 0 Å². The average molecular weight is 209 g/mol. The largest absolute Gasteiger partial charge is 0.478 e. The Labute approximate surface area is 86.5 Å². The van der Waals surface area contributed by atoms with Crippen LogP contribution in [0.25, 0.3) is 0 Å². The monoisotopic (exact) mass is 209 g/mol. The fourth-order valence-corrected chi connectivity index (χ4v) is 0.915. The number of nitrogens with zero attached hydrogens (tertiary/aromatic N) is 2. The Hall–Kier alpha value is -1.95. The second-order valence-corrected chi connectivity index (χ2v) is 3.07. The van der Waals surface area contributed by atoms with Gasteiger partial charge >= 0.3 is 5.97 Å². The Morgan fingerprint density at radius 2 is 2.07 bits per heavy atom. The van der Waals surface area contributed by atoms with E-state index in [4.69, 9.17) is 5.11 Å². The number of rotatable bonds is 3. The summed E-state index contributed by atoms with van der Waals surface area (Å²) in [5.74, 6) is -1.45. The van der Waals surface area contributed by atoms with Crippen LogP contribution >= 0.6 is 0 Å². The summed E-state index contributed by atoms with van der Waals surface area (Å²) in [5, 5.41) is 10.1. The number of hydrogen-bond donors (Lipinski definition) is 2. The van der Waals surface area contributed by atoms with E-state index in [1.165, 1.54) is 17.1 Å². The van der Waals surface area contributed by atoms with Crippen LogP contribution in [0.3, 0.4) is 0 Å². The van der Waals surface area contributed by atoms with Crippen molar-refractivity contribution < 1.29 is 14.7 Å². The standard InChI is InChI=1S/C9H11N3O3/c1-12(2)11-8(13)7-4-3-6(5-10-7)9(14)15/h3-5H,1-2H3,(H,11,13)(H,14,15). The smallest absolute Gasteiger partial charge is 0.337 e. The number of amides is 1. The lowest BCUT2D eigenvalue weighted by atomic mass is 10.2. The molecule has 1 rings (SSSR count). The molecule has 1 aromatic rings. The van der Waals surface area contributed by atoms with Gasteiger partial charge in [-0.25, -0.2) is 9.80 Å². The van der Waals surface area contributed by atoms with Crippen LogP contribution in [0.15, 0.2) is 18.3 Å². The van der Waals surface area contributed by atoms with Crippen molar-refractivity contribution in [2.24, 2.45) is 0 Å². The van der Waals surface area contributed by atoms with Crippen molar-refractivity contribution >= 4 is 11.9 Å². The van der Waals surface area contributed by atoms with Crippen molar-refractivity contribution in [2.75, 3.05) is 14.1 Å². The average Bonchev–Trinajstić information content (AvgIpc) is 2.17. The molecule has 0 radical (unpaired) electrons. The number of carboxylic acid groups (broad SMARTS) is 1. The molecule has 80 valence electrons. The van der Waals surface area contributed by atoms with E-state index < -0.39 is 5.97 Å². The fourth-order valence-electron chi connectivity index (χ4n) is 0.915. The van der Waals surface area contributed by atoms with Gasteiger partial charge < -0.3 is 5.11 Å². The van der Waals surface area contributed by atoms with E-state index in [0.717, 1.165) is 6.20 Å². The molecule has 0 bridgehead atoms. The first-order valence-corrected chi connectivity index (χ1v) is 4.18. The number of pyridine rings is 1. The van der Waals surface area contributed by atoms with E-state index in [-0.39, 0.29) is 17.2 Å². The first kappa shape index (κ1) is 11.1. The maximum Gasteiger partial charge on any atom is 0.337 e. The quantitative estimate of drug-likeness (QED) is 0.684. The van der Waals surface area contributed by atoms with Crippen LogP contribution in [-0.2, 0) is 0 Å². The zero-order chi connectivity index (χ0) is 11.4. The Kier molecular flexibility index (Phi) is 3.35. The van der Waals surface area contributed by atoms with E-state index in [1.807, 2.05) is 0 Å². The number of aromatic carboxylic acids is 1. The number of nitrogens with one attached hydrogen (secondary N) is 1. The van der Waals surface area contributed by atoms with E-state index in [9.17, 15) is 9.59 Å². The number of aromatic nitrogens is 1. The molecular formula is C9H11N3O3. The van der Waals surface area contributed by atoms with Gasteiger partial charge in [0.25, 0.3) is 5.91 Å². The number of hydrazine groups is 1. The lowest BCUT2D eigenvalue weighted by Crippen LogP contribution is -2.36. The second kappa shape index (κ2) is 4.52. The Bertz CT molecular complexity index is 373. The van der Waals surface area contributed by atoms with Crippen molar-refractivity contribution in [1.29, 1.82) is 0 Å². The molecule has 0 unspecified atom stereocenters. The van der Waals surface area contributed by atoms with E-state index in [2.05, 4.69) is 10.4 Å². The lowest BCUT2D eigenvalue weighted by molar-refractivity contribution is 0.0695. The van der Waals surface area contributed by atoms with Crippen LogP contribution in [0.4, 0.5) is 0 Å². The summed E-state index contributed by atoms with van der Waals surface area (Å²) in [4.78, 5) is 25.6. The highest BCUT2D eigenvalue weighted by atomic mass is 16.4. The van der Waals surface area contributed by atoms with E-state index >= 15 is 0 Å². The molecule has 6 heteroatoms. The highest BCUT2D eigenvalue weighted by Crippen LogP contribution is 2.00. The predicted octanol–water partition coefficient (Wildman–Crippen LogP) is -0.0138. The number of hydrogen-bond acceptors (Lipinski definition) is 4. The lowest BCUT2D eigenvalue weighted by Gasteiger charge is -2.10. The fraction of sp³-hybridized carbons (Fsp3) is 0.222. The zero-order valence-electron chi connectivity index (χ0n) is 8.39. The van der Waals surface area contributed by atoms with Gasteiger partial charge in [0.15, 0.2) is 0 Å². The molecule has 15 heavy (non-hydrogen) atoms. The first-order chi connectivity index (χ1) is 7.00. The van der Waals surface area contributed by atoms with Gasteiger partial charge in [0, 0.05) is 20.3 Å². The predicted molar refractivity (Wildman–Crippen MR) is 52.3 cm³/mol. The minimum atomic E-state index is -1.07. The van der Waals surface area contributed by atoms with Gasteiger partial charge in [-0.2, -0.15) is 0 Å². The summed E-state index contributed by atoms with van der Waals surface area (Å²) < 4.78 is 0. The molecule has 0 aliphatic carbocycles. The van der Waals surface area contributed by atoms with Crippen LogP contribution in [0.2, 0.25) is 0 Å². The molecule has 0 spiro atoms. The van der Waals surface area contributed by atoms with Crippen LogP contribution in [0, 0.1) is 0 Å². The highest BCUT2D eigenvalue weighted by Gasteiger charge is 2.09. The minimum absolute atomic E-state index is 0.0522. The molecule has 2 N–H and O–H groups in total. The van der Waals surface area contributed by atoms with Gasteiger partial charge in [0.2, 0.25) is 0 Å². The summed E-state index contributed by atoms with van der Waals surface area (Å²) in [6.45, 7) is 0. The molecule has 0 aliphatic rings. The molecule has 0 fully saturated rings. The molecule has 1 amide bonds. The third-order valence-electron chi connectivity index (χ3n) is 1.57. The molecule has 0 aromatic carbocycles. The van der Waals surface area contributed by atoms with Crippen molar-refractivity contribution in [2.45, 2.75) is 0 Å². The molecule has 6 nitrogen and oxygen atoms in total. The Balaban J connectivity index is 2.80. The van der Waals surface area contributed by atoms with E-state index in [1.54, 1.807) is 14.1 Å². The maximum absolute atomic E-state index is 11.4. The molecule has 0 saturated heterocycles. The third-order valence-corrected chi connectivity index (χ3v) is 1.57. The topological polar surface area (TPSA) is 82.5 Å². The van der Waals surface area contributed by atoms with E-state index in [0.29, 0.717) is 0 Å². The Morgan fingerprint density at radius 3 is 2.47 bits per heavy atom. The number of carboxylic acids is 1. The summed E-state index contributed by atoms with van der Waals surface area (Å²) in [6.07, 6.45) is 1.15. The first-order valence-electron chi connectivity index (χ1n) is 4.18. The van der Waals surface area contributed by atoms with Crippen molar-refractivity contribution in [3.05, 3.63) is 29.6 Å². The Morgan fingerprint density at radius 1 is 1.40 bits per heavy atom. The summed E-state index contributed by atoms with van der Waals surface area (Å²) in [5.41, 5.74) is 2.72. The summed E-state index contributed by atoms with van der Waals surface area (Å²) in [7, 11) is 3.34. The van der Waals surface area contributed by atoms with Gasteiger partial charge in [0.1, 0.15) is 5.69 Å². The van der Waals surface area contributed by atoms with Crippen molar-refractivity contribution in [1.82, 2.24) is 15.4 Å². The summed E-state index contributed by atoms with van der Waals surface area (Å²) in [6, 6.07) is 2.70. The van der Waals surface area contributed by atoms with Gasteiger partial charge in [-0.15, -0.1) is 0 Å². The van der Waals surface area contributed by atoms with Crippen LogP contribution in [0.1, 0.15) is 20.8 Å². The normalized spacial score (nSPS) is 10.1. The van der Waals surface area contributed by atoms with Crippen LogP contribution < -0.4 is 5.43 Å². The zero-order valence-corrected chi connectivity index (χ0v) is 8.39. The minimum Gasteiger partial charge on any atom is -0.478 e. The number of carbonyl (C=O) groups is 2. The van der Waals surface area contributed by atoms with Crippen LogP contribution in [0.5, 0.6) is 0 Å². The SMILES string of the molecule is CN(C)NC(=O)c1ccc(C(=O)O)cn1. The highest BCUT2D eigenvalue weighted by molar-refractivity contribution is 5.93. The molecule has 1 aromatic heterocycles. The van der Waals surface area contributed by atoms with Gasteiger partial charge in [-0.3, -0.25) is 15.2 Å². The van der Waals surface area contributed by atoms with Crippen molar-refractivity contribution in [3.8, 4) is 0 Å². The third kappa shape index (κ3) is 3.03. The summed E-state index contributed by atoms with van der Waals surface area (Å²) >= 11 is 0. The second-order valence-electron chi connectivity index (χ2n) is 3.07. The molecular weight excluding hydrogens is 198 g/mol. The molecule has 0 aliphatic heterocycles. The van der Waals surface area contributed by atoms with Gasteiger partial charge in [-0.1, -0.05) is 0 Å².